The first kappa shape index (κ1) is 25.5. The van der Waals surface area contributed by atoms with Crippen molar-refractivity contribution in [2.75, 3.05) is 52.7 Å². The van der Waals surface area contributed by atoms with Crippen LogP contribution in [0, 0.1) is 0 Å². The van der Waals surface area contributed by atoms with Gasteiger partial charge in [-0.15, -0.1) is 0 Å². The third-order valence-electron chi connectivity index (χ3n) is 6.51. The van der Waals surface area contributed by atoms with Gasteiger partial charge in [-0.1, -0.05) is 12.1 Å². The first-order valence-corrected chi connectivity index (χ1v) is 13.9. The zero-order chi connectivity index (χ0) is 25.0. The van der Waals surface area contributed by atoms with E-state index in [9.17, 15) is 13.2 Å². The van der Waals surface area contributed by atoms with Gasteiger partial charge < -0.3 is 19.7 Å². The van der Waals surface area contributed by atoms with E-state index in [1.807, 2.05) is 24.3 Å². The molecule has 0 unspecified atom stereocenters. The van der Waals surface area contributed by atoms with E-state index in [2.05, 4.69) is 15.3 Å². The number of aryl methyl sites for hydroxylation is 1. The van der Waals surface area contributed by atoms with Gasteiger partial charge in [0.2, 0.25) is 10.0 Å². The number of para-hydroxylation sites is 1. The zero-order valence-electron chi connectivity index (χ0n) is 20.7. The number of piperazine rings is 1. The molecular formula is C24H35N5O5S. The molecule has 1 amide bonds. The summed E-state index contributed by atoms with van der Waals surface area (Å²) in [6, 6.07) is 7.54. The van der Waals surface area contributed by atoms with Gasteiger partial charge in [-0.2, -0.15) is 9.40 Å². The quantitative estimate of drug-likeness (QED) is 0.462. The molecule has 0 bridgehead atoms. The highest BCUT2D eigenvalue weighted by Gasteiger charge is 2.28. The summed E-state index contributed by atoms with van der Waals surface area (Å²) in [5.74, 6) is 1.57. The average Bonchev–Trinajstić information content (AvgIpc) is 3.61. The van der Waals surface area contributed by atoms with Crippen LogP contribution in [-0.2, 0) is 23.6 Å². The van der Waals surface area contributed by atoms with Gasteiger partial charge in [0.15, 0.2) is 11.5 Å². The second-order valence-corrected chi connectivity index (χ2v) is 11.2. The number of sulfonamides is 1. The second kappa shape index (κ2) is 11.0. The van der Waals surface area contributed by atoms with Gasteiger partial charge in [-0.25, -0.2) is 8.42 Å². The van der Waals surface area contributed by atoms with Crippen molar-refractivity contribution < 1.29 is 22.7 Å². The normalized spacial score (nSPS) is 17.3. The maximum atomic E-state index is 12.7. The largest absolute Gasteiger partial charge is 0.493 e. The van der Waals surface area contributed by atoms with Crippen LogP contribution < -0.4 is 14.8 Å². The van der Waals surface area contributed by atoms with Crippen LogP contribution in [0.4, 0.5) is 0 Å². The molecule has 0 atom stereocenters. The van der Waals surface area contributed by atoms with Gasteiger partial charge in [-0.3, -0.25) is 9.48 Å². The molecule has 35 heavy (non-hydrogen) atoms. The molecule has 0 spiro atoms. The van der Waals surface area contributed by atoms with Crippen LogP contribution in [-0.4, -0.2) is 86.0 Å². The van der Waals surface area contributed by atoms with Crippen LogP contribution in [0.5, 0.6) is 11.5 Å². The van der Waals surface area contributed by atoms with Crippen molar-refractivity contribution in [3.63, 3.8) is 0 Å². The van der Waals surface area contributed by atoms with Crippen molar-refractivity contribution in [2.24, 2.45) is 7.05 Å². The molecule has 4 rings (SSSR count). The van der Waals surface area contributed by atoms with Crippen LogP contribution in [0.1, 0.15) is 46.9 Å². The fourth-order valence-corrected chi connectivity index (χ4v) is 5.17. The number of aromatic nitrogens is 2. The second-order valence-electron chi connectivity index (χ2n) is 9.19. The summed E-state index contributed by atoms with van der Waals surface area (Å²) in [5, 5.41) is 7.43. The molecule has 1 aliphatic heterocycles. The standard InChI is InChI=1S/C24H35N5O5S/c1-27-21(16-20(26-27)18-8-9-18)24(30)25-17-19-6-4-7-22(23(19)33-2)34-15-5-10-28-11-13-29(14-12-28)35(3,31)32/h4,6-7,16,18H,5,8-15,17H2,1-3H3,(H,25,30). The highest BCUT2D eigenvalue weighted by molar-refractivity contribution is 7.88. The van der Waals surface area contributed by atoms with Crippen LogP contribution in [0.2, 0.25) is 0 Å². The van der Waals surface area contributed by atoms with E-state index >= 15 is 0 Å². The minimum atomic E-state index is -3.11. The fourth-order valence-electron chi connectivity index (χ4n) is 4.35. The molecule has 10 nitrogen and oxygen atoms in total. The number of nitrogens with one attached hydrogen (secondary N) is 1. The molecule has 1 aliphatic carbocycles. The summed E-state index contributed by atoms with van der Waals surface area (Å²) in [6.07, 6.45) is 4.35. The third kappa shape index (κ3) is 6.53. The van der Waals surface area contributed by atoms with E-state index in [4.69, 9.17) is 9.47 Å². The summed E-state index contributed by atoms with van der Waals surface area (Å²) in [5.41, 5.74) is 2.37. The van der Waals surface area contributed by atoms with Crippen molar-refractivity contribution in [1.82, 2.24) is 24.3 Å². The maximum absolute atomic E-state index is 12.7. The molecule has 2 aliphatic rings. The van der Waals surface area contributed by atoms with Crippen LogP contribution >= 0.6 is 0 Å². The molecule has 2 aromatic rings. The summed E-state index contributed by atoms with van der Waals surface area (Å²) < 4.78 is 38.1. The molecule has 2 fully saturated rings. The Morgan fingerprint density at radius 3 is 2.60 bits per heavy atom. The Morgan fingerprint density at radius 1 is 1.20 bits per heavy atom. The highest BCUT2D eigenvalue weighted by Crippen LogP contribution is 2.39. The molecule has 1 aromatic carbocycles. The minimum absolute atomic E-state index is 0.170. The van der Waals surface area contributed by atoms with Gasteiger partial charge in [0, 0.05) is 57.8 Å². The topological polar surface area (TPSA) is 106 Å². The number of amides is 1. The number of ether oxygens (including phenoxy) is 2. The number of carbonyl (C=O) groups is 1. The molecule has 1 N–H and O–H groups in total. The van der Waals surface area contributed by atoms with Crippen molar-refractivity contribution in [2.45, 2.75) is 31.7 Å². The lowest BCUT2D eigenvalue weighted by Gasteiger charge is -2.33. The number of hydrogen-bond acceptors (Lipinski definition) is 7. The Morgan fingerprint density at radius 2 is 1.94 bits per heavy atom. The van der Waals surface area contributed by atoms with Crippen molar-refractivity contribution >= 4 is 15.9 Å². The van der Waals surface area contributed by atoms with E-state index in [-0.39, 0.29) is 5.91 Å². The number of methoxy groups -OCH3 is 1. The Hall–Kier alpha value is -2.63. The van der Waals surface area contributed by atoms with Crippen molar-refractivity contribution in [3.05, 3.63) is 41.2 Å². The van der Waals surface area contributed by atoms with Crippen LogP contribution in [0.25, 0.3) is 0 Å². The molecule has 0 radical (unpaired) electrons. The van der Waals surface area contributed by atoms with Gasteiger partial charge in [-0.05, 0) is 31.4 Å². The predicted octanol–water partition coefficient (Wildman–Crippen LogP) is 1.58. The number of rotatable bonds is 11. The van der Waals surface area contributed by atoms with E-state index in [1.165, 1.54) is 10.6 Å². The lowest BCUT2D eigenvalue weighted by Crippen LogP contribution is -2.48. The van der Waals surface area contributed by atoms with Crippen LogP contribution in [0.15, 0.2) is 24.3 Å². The Balaban J connectivity index is 1.26. The van der Waals surface area contributed by atoms with Gasteiger partial charge >= 0.3 is 0 Å². The average molecular weight is 506 g/mol. The molecule has 2 heterocycles. The van der Waals surface area contributed by atoms with E-state index < -0.39 is 10.0 Å². The molecule has 11 heteroatoms. The van der Waals surface area contributed by atoms with Gasteiger partial charge in [0.05, 0.1) is 25.7 Å². The number of nitrogens with zero attached hydrogens (tertiary/aromatic N) is 4. The first-order valence-electron chi connectivity index (χ1n) is 12.0. The zero-order valence-corrected chi connectivity index (χ0v) is 21.5. The lowest BCUT2D eigenvalue weighted by molar-refractivity contribution is 0.0941. The number of hydrogen-bond donors (Lipinski definition) is 1. The summed E-state index contributed by atoms with van der Waals surface area (Å²) >= 11 is 0. The molecular weight excluding hydrogens is 470 g/mol. The van der Waals surface area contributed by atoms with Gasteiger partial charge in [0.1, 0.15) is 5.69 Å². The smallest absolute Gasteiger partial charge is 0.269 e. The van der Waals surface area contributed by atoms with Crippen LogP contribution in [0.3, 0.4) is 0 Å². The van der Waals surface area contributed by atoms with Gasteiger partial charge in [0.25, 0.3) is 5.91 Å². The third-order valence-corrected chi connectivity index (χ3v) is 7.81. The monoisotopic (exact) mass is 505 g/mol. The van der Waals surface area contributed by atoms with Crippen molar-refractivity contribution in [3.8, 4) is 11.5 Å². The lowest BCUT2D eigenvalue weighted by atomic mass is 10.1. The number of carbonyl (C=O) groups excluding carboxylic acids is 1. The first-order chi connectivity index (χ1) is 16.8. The molecule has 1 saturated heterocycles. The summed E-state index contributed by atoms with van der Waals surface area (Å²) in [4.78, 5) is 15.0. The number of benzene rings is 1. The van der Waals surface area contributed by atoms with E-state index in [1.54, 1.807) is 18.8 Å². The Labute approximate surface area is 207 Å². The summed E-state index contributed by atoms with van der Waals surface area (Å²) in [6.45, 7) is 4.17. The van der Waals surface area contributed by atoms with Crippen molar-refractivity contribution in [1.29, 1.82) is 0 Å². The maximum Gasteiger partial charge on any atom is 0.269 e. The highest BCUT2D eigenvalue weighted by atomic mass is 32.2. The Kier molecular flexibility index (Phi) is 7.98. The fraction of sp³-hybridized carbons (Fsp3) is 0.583. The minimum Gasteiger partial charge on any atom is -0.493 e. The van der Waals surface area contributed by atoms with E-state index in [0.717, 1.165) is 50.2 Å². The van der Waals surface area contributed by atoms with E-state index in [0.29, 0.717) is 49.4 Å². The molecule has 192 valence electrons. The summed E-state index contributed by atoms with van der Waals surface area (Å²) in [7, 11) is 0.275. The SMILES string of the molecule is COc1c(CNC(=O)c2cc(C3CC3)nn2C)cccc1OCCCN1CCN(S(C)(=O)=O)CC1. The Bertz CT molecular complexity index is 1140. The molecule has 1 aromatic heterocycles. The predicted molar refractivity (Wildman–Crippen MR) is 132 cm³/mol. The molecule has 1 saturated carbocycles.